The van der Waals surface area contributed by atoms with Crippen LogP contribution in [0.5, 0.6) is 0 Å². The number of para-hydroxylation sites is 2. The van der Waals surface area contributed by atoms with Gasteiger partial charge in [-0.2, -0.15) is 0 Å². The molecule has 0 radical (unpaired) electrons. The number of nitrogens with zero attached hydrogens (tertiary/aromatic N) is 4. The number of morpholine rings is 1. The Bertz CT molecular complexity index is 1490. The predicted octanol–water partition coefficient (Wildman–Crippen LogP) is 4.53. The number of amides is 1. The number of benzene rings is 2. The summed E-state index contributed by atoms with van der Waals surface area (Å²) < 4.78 is 5.47. The Kier molecular flexibility index (Phi) is 8.06. The van der Waals surface area contributed by atoms with Crippen molar-refractivity contribution in [2.75, 3.05) is 41.8 Å². The molecule has 1 saturated heterocycles. The van der Waals surface area contributed by atoms with Crippen LogP contribution >= 0.6 is 23.2 Å². The lowest BCUT2D eigenvalue weighted by Crippen LogP contribution is -2.38. The van der Waals surface area contributed by atoms with Gasteiger partial charge in [0.05, 0.1) is 39.9 Å². The van der Waals surface area contributed by atoms with E-state index < -0.39 is 17.9 Å². The second kappa shape index (κ2) is 11.8. The summed E-state index contributed by atoms with van der Waals surface area (Å²) in [7, 11) is 0. The van der Waals surface area contributed by atoms with Crippen LogP contribution in [0.15, 0.2) is 60.9 Å². The fraction of sp³-hybridized carbons (Fsp3) is 0.222. The summed E-state index contributed by atoms with van der Waals surface area (Å²) in [4.78, 5) is 40.3. The molecule has 1 aliphatic heterocycles. The summed E-state index contributed by atoms with van der Waals surface area (Å²) in [6, 6.07) is 13.4. The normalized spacial score (nSPS) is 14.2. The highest BCUT2D eigenvalue weighted by molar-refractivity contribution is 6.40. The first kappa shape index (κ1) is 26.6. The number of hydrogen-bond donors (Lipinski definition) is 3. The average molecular weight is 567 g/mol. The molecule has 39 heavy (non-hydrogen) atoms. The number of hydrogen-bond acceptors (Lipinski definition) is 8. The van der Waals surface area contributed by atoms with Crippen LogP contribution in [-0.4, -0.2) is 64.3 Å². The van der Waals surface area contributed by atoms with Crippen LogP contribution < -0.4 is 15.5 Å². The number of halogens is 2. The third-order valence-electron chi connectivity index (χ3n) is 6.20. The number of fused-ring (bicyclic) bond motifs is 1. The average Bonchev–Trinajstić information content (AvgIpc) is 2.93. The van der Waals surface area contributed by atoms with E-state index in [-0.39, 0.29) is 22.0 Å². The Balaban J connectivity index is 1.34. The topological polar surface area (TPSA) is 130 Å². The molecular formula is C27H24Cl2N6O4. The van der Waals surface area contributed by atoms with Crippen molar-refractivity contribution in [1.82, 2.24) is 15.0 Å². The molecule has 0 saturated carbocycles. The third kappa shape index (κ3) is 6.19. The third-order valence-corrected chi connectivity index (χ3v) is 6.78. The van der Waals surface area contributed by atoms with Crippen molar-refractivity contribution in [3.05, 3.63) is 82.1 Å². The SMILES string of the molecule is O=C(Nc1ccc(C[C@H](Nc2nc3ccccc3nc2N2CCOCC2)C(=O)O)cc1)c1c(Cl)cncc1Cl. The number of pyridine rings is 1. The summed E-state index contributed by atoms with van der Waals surface area (Å²) in [5.41, 5.74) is 2.76. The van der Waals surface area contributed by atoms with Gasteiger partial charge in [0, 0.05) is 37.6 Å². The molecule has 12 heteroatoms. The fourth-order valence-electron chi connectivity index (χ4n) is 4.23. The van der Waals surface area contributed by atoms with E-state index in [4.69, 9.17) is 37.9 Å². The Labute approximate surface area is 233 Å². The molecule has 4 aromatic rings. The standard InChI is InChI=1S/C27H24Cl2N6O4/c28-18-14-30-15-19(29)23(18)26(36)31-17-7-5-16(6-8-17)13-22(27(37)38)33-24-25(35-9-11-39-12-10-35)34-21-4-2-1-3-20(21)32-24/h1-8,14-15,22H,9-13H2,(H,31,36)(H,32,33)(H,37,38)/t22-/m0/s1. The first-order valence-electron chi connectivity index (χ1n) is 12.2. The number of aromatic nitrogens is 3. The van der Waals surface area contributed by atoms with Gasteiger partial charge < -0.3 is 25.4 Å². The minimum atomic E-state index is -1.03. The number of anilines is 3. The summed E-state index contributed by atoms with van der Waals surface area (Å²) >= 11 is 12.1. The Hall–Kier alpha value is -3.99. The number of carboxylic acids is 1. The van der Waals surface area contributed by atoms with E-state index in [0.29, 0.717) is 49.1 Å². The fourth-order valence-corrected chi connectivity index (χ4v) is 4.77. The zero-order valence-electron chi connectivity index (χ0n) is 20.6. The van der Waals surface area contributed by atoms with Crippen LogP contribution in [0.1, 0.15) is 15.9 Å². The van der Waals surface area contributed by atoms with Crippen LogP contribution in [0.4, 0.5) is 17.3 Å². The largest absolute Gasteiger partial charge is 0.480 e. The van der Waals surface area contributed by atoms with Gasteiger partial charge in [-0.05, 0) is 29.8 Å². The van der Waals surface area contributed by atoms with E-state index in [1.54, 1.807) is 24.3 Å². The molecule has 1 amide bonds. The summed E-state index contributed by atoms with van der Waals surface area (Å²) in [5, 5.41) is 16.2. The highest BCUT2D eigenvalue weighted by Crippen LogP contribution is 2.28. The zero-order chi connectivity index (χ0) is 27.4. The number of nitrogens with one attached hydrogen (secondary N) is 2. The van der Waals surface area contributed by atoms with Crippen LogP contribution in [0, 0.1) is 0 Å². The number of carbonyl (C=O) groups excluding carboxylic acids is 1. The van der Waals surface area contributed by atoms with E-state index in [1.807, 2.05) is 29.2 Å². The van der Waals surface area contributed by atoms with E-state index >= 15 is 0 Å². The summed E-state index contributed by atoms with van der Waals surface area (Å²) in [6.07, 6.45) is 2.85. The maximum Gasteiger partial charge on any atom is 0.326 e. The number of aliphatic carboxylic acids is 1. The van der Waals surface area contributed by atoms with Gasteiger partial charge in [-0.15, -0.1) is 0 Å². The lowest BCUT2D eigenvalue weighted by Gasteiger charge is -2.30. The van der Waals surface area contributed by atoms with Crippen LogP contribution in [-0.2, 0) is 16.0 Å². The molecule has 0 spiro atoms. The minimum absolute atomic E-state index is 0.125. The van der Waals surface area contributed by atoms with E-state index in [2.05, 4.69) is 15.6 Å². The maximum absolute atomic E-state index is 12.6. The first-order chi connectivity index (χ1) is 18.9. The zero-order valence-corrected chi connectivity index (χ0v) is 22.1. The Morgan fingerprint density at radius 3 is 2.26 bits per heavy atom. The second-order valence-corrected chi connectivity index (χ2v) is 9.67. The van der Waals surface area contributed by atoms with Crippen molar-refractivity contribution in [1.29, 1.82) is 0 Å². The molecule has 3 N–H and O–H groups in total. The Morgan fingerprint density at radius 1 is 0.974 bits per heavy atom. The molecule has 0 aliphatic carbocycles. The van der Waals surface area contributed by atoms with E-state index in [0.717, 1.165) is 11.1 Å². The van der Waals surface area contributed by atoms with Gasteiger partial charge in [-0.3, -0.25) is 9.78 Å². The van der Waals surface area contributed by atoms with Gasteiger partial charge in [0.15, 0.2) is 11.6 Å². The molecule has 1 atom stereocenters. The number of rotatable bonds is 8. The van der Waals surface area contributed by atoms with Gasteiger partial charge in [-0.25, -0.2) is 14.8 Å². The molecule has 0 bridgehead atoms. The van der Waals surface area contributed by atoms with Crippen molar-refractivity contribution >= 4 is 63.4 Å². The quantitative estimate of drug-likeness (QED) is 0.281. The van der Waals surface area contributed by atoms with Crippen molar-refractivity contribution < 1.29 is 19.4 Å². The number of carbonyl (C=O) groups is 2. The highest BCUT2D eigenvalue weighted by Gasteiger charge is 2.24. The van der Waals surface area contributed by atoms with Crippen LogP contribution in [0.2, 0.25) is 10.0 Å². The van der Waals surface area contributed by atoms with Crippen molar-refractivity contribution in [3.8, 4) is 0 Å². The van der Waals surface area contributed by atoms with Crippen LogP contribution in [0.25, 0.3) is 11.0 Å². The molecule has 1 fully saturated rings. The molecule has 3 heterocycles. The van der Waals surface area contributed by atoms with E-state index in [9.17, 15) is 14.7 Å². The van der Waals surface area contributed by atoms with Gasteiger partial charge in [0.2, 0.25) is 0 Å². The van der Waals surface area contributed by atoms with Crippen molar-refractivity contribution in [2.45, 2.75) is 12.5 Å². The summed E-state index contributed by atoms with van der Waals surface area (Å²) in [5.74, 6) is -0.513. The van der Waals surface area contributed by atoms with Crippen LogP contribution in [0.3, 0.4) is 0 Å². The Morgan fingerprint density at radius 2 is 1.62 bits per heavy atom. The predicted molar refractivity (Wildman–Crippen MR) is 150 cm³/mol. The first-order valence-corrected chi connectivity index (χ1v) is 12.9. The summed E-state index contributed by atoms with van der Waals surface area (Å²) in [6.45, 7) is 2.36. The van der Waals surface area contributed by atoms with Gasteiger partial charge in [0.25, 0.3) is 5.91 Å². The highest BCUT2D eigenvalue weighted by atomic mass is 35.5. The van der Waals surface area contributed by atoms with Crippen molar-refractivity contribution in [3.63, 3.8) is 0 Å². The molecule has 10 nitrogen and oxygen atoms in total. The molecule has 0 unspecified atom stereocenters. The van der Waals surface area contributed by atoms with Gasteiger partial charge in [0.1, 0.15) is 6.04 Å². The molecule has 5 rings (SSSR count). The lowest BCUT2D eigenvalue weighted by atomic mass is 10.1. The van der Waals surface area contributed by atoms with E-state index in [1.165, 1.54) is 12.4 Å². The lowest BCUT2D eigenvalue weighted by molar-refractivity contribution is -0.137. The smallest absolute Gasteiger partial charge is 0.326 e. The molecule has 2 aromatic heterocycles. The van der Waals surface area contributed by atoms with Gasteiger partial charge in [-0.1, -0.05) is 47.5 Å². The maximum atomic E-state index is 12.6. The van der Waals surface area contributed by atoms with Gasteiger partial charge >= 0.3 is 5.97 Å². The van der Waals surface area contributed by atoms with Crippen molar-refractivity contribution in [2.24, 2.45) is 0 Å². The number of carboxylic acid groups (broad SMARTS) is 1. The molecule has 2 aromatic carbocycles. The minimum Gasteiger partial charge on any atom is -0.480 e. The molecule has 200 valence electrons. The molecular weight excluding hydrogens is 543 g/mol. The number of ether oxygens (including phenoxy) is 1. The second-order valence-electron chi connectivity index (χ2n) is 8.85. The monoisotopic (exact) mass is 566 g/mol. The molecule has 1 aliphatic rings.